The molecule has 0 aliphatic heterocycles. The van der Waals surface area contributed by atoms with Crippen LogP contribution in [0.15, 0.2) is 24.3 Å². The van der Waals surface area contributed by atoms with Gasteiger partial charge in [0.1, 0.15) is 5.75 Å². The fourth-order valence-corrected chi connectivity index (χ4v) is 1.42. The lowest BCUT2D eigenvalue weighted by Gasteiger charge is -2.05. The highest BCUT2D eigenvalue weighted by Gasteiger charge is 2.29. The number of ether oxygens (including phenoxy) is 1. The van der Waals surface area contributed by atoms with Gasteiger partial charge in [0.15, 0.2) is 0 Å². The predicted octanol–water partition coefficient (Wildman–Crippen LogP) is 3.77. The third kappa shape index (κ3) is 6.85. The molecule has 1 amide bonds. The molecule has 0 atom stereocenters. The predicted molar refractivity (Wildman–Crippen MR) is 80.3 cm³/mol. The highest BCUT2D eigenvalue weighted by atomic mass is 16.5. The fourth-order valence-electron chi connectivity index (χ4n) is 1.42. The number of hydrogen-bond acceptors (Lipinski definition) is 2. The summed E-state index contributed by atoms with van der Waals surface area (Å²) in [5.41, 5.74) is 1.10. The van der Waals surface area contributed by atoms with Crippen LogP contribution in [-0.2, 0) is 11.3 Å². The summed E-state index contributed by atoms with van der Waals surface area (Å²) in [6.07, 6.45) is 2.10. The Morgan fingerprint density at radius 1 is 1.16 bits per heavy atom. The van der Waals surface area contributed by atoms with Crippen LogP contribution in [0.1, 0.15) is 46.1 Å². The smallest absolute Gasteiger partial charge is 0.223 e. The first-order valence-electron chi connectivity index (χ1n) is 7.20. The Balaban J connectivity index is 0.000000741. The molecule has 1 aromatic rings. The number of hydrogen-bond donors (Lipinski definition) is 1. The van der Waals surface area contributed by atoms with Crippen LogP contribution in [0.25, 0.3) is 0 Å². The van der Waals surface area contributed by atoms with Crippen molar-refractivity contribution < 1.29 is 9.53 Å². The average molecular weight is 265 g/mol. The van der Waals surface area contributed by atoms with Crippen LogP contribution in [0.2, 0.25) is 0 Å². The van der Waals surface area contributed by atoms with Crippen LogP contribution < -0.4 is 10.1 Å². The third-order valence-corrected chi connectivity index (χ3v) is 2.57. The summed E-state index contributed by atoms with van der Waals surface area (Å²) >= 11 is 0. The van der Waals surface area contributed by atoms with Gasteiger partial charge in [-0.05, 0) is 30.5 Å². The first-order chi connectivity index (χ1) is 9.29. The van der Waals surface area contributed by atoms with E-state index < -0.39 is 0 Å². The largest absolute Gasteiger partial charge is 0.497 e. The summed E-state index contributed by atoms with van der Waals surface area (Å²) < 4.78 is 5.06. The van der Waals surface area contributed by atoms with E-state index in [-0.39, 0.29) is 11.8 Å². The van der Waals surface area contributed by atoms with Crippen molar-refractivity contribution in [3.05, 3.63) is 29.8 Å². The molecule has 1 aliphatic carbocycles. The molecule has 0 unspecified atom stereocenters. The number of carbonyl (C=O) groups is 1. The van der Waals surface area contributed by atoms with E-state index in [2.05, 4.69) is 5.32 Å². The van der Waals surface area contributed by atoms with Gasteiger partial charge in [-0.1, -0.05) is 39.8 Å². The summed E-state index contributed by atoms with van der Waals surface area (Å²) in [4.78, 5) is 11.4. The second-order valence-electron chi connectivity index (χ2n) is 3.84. The molecule has 0 saturated heterocycles. The molecule has 1 N–H and O–H groups in total. The topological polar surface area (TPSA) is 38.3 Å². The van der Waals surface area contributed by atoms with E-state index in [1.165, 1.54) is 0 Å². The number of carbonyl (C=O) groups excluding carboxylic acids is 1. The number of methoxy groups -OCH3 is 1. The highest BCUT2D eigenvalue weighted by Crippen LogP contribution is 2.28. The monoisotopic (exact) mass is 265 g/mol. The van der Waals surface area contributed by atoms with Gasteiger partial charge in [0.05, 0.1) is 7.11 Å². The Labute approximate surface area is 117 Å². The zero-order valence-electron chi connectivity index (χ0n) is 12.8. The maximum absolute atomic E-state index is 11.4. The second-order valence-corrected chi connectivity index (χ2v) is 3.84. The number of nitrogens with one attached hydrogen (secondary N) is 1. The molecule has 0 radical (unpaired) electrons. The molecule has 1 saturated carbocycles. The van der Waals surface area contributed by atoms with E-state index in [9.17, 15) is 4.79 Å². The van der Waals surface area contributed by atoms with Crippen molar-refractivity contribution in [1.29, 1.82) is 0 Å². The molecule has 1 aliphatic rings. The zero-order valence-corrected chi connectivity index (χ0v) is 12.8. The Morgan fingerprint density at radius 3 is 2.11 bits per heavy atom. The van der Waals surface area contributed by atoms with Crippen molar-refractivity contribution >= 4 is 5.91 Å². The average Bonchev–Trinajstić information content (AvgIpc) is 3.34. The molecular weight excluding hydrogens is 238 g/mol. The van der Waals surface area contributed by atoms with Crippen molar-refractivity contribution in [2.45, 2.75) is 47.1 Å². The SMILES string of the molecule is CC.CC.COc1ccc(CNC(=O)C2CC2)cc1. The molecule has 2 rings (SSSR count). The van der Waals surface area contributed by atoms with Gasteiger partial charge in [-0.2, -0.15) is 0 Å². The van der Waals surface area contributed by atoms with E-state index in [4.69, 9.17) is 4.74 Å². The second kappa shape index (κ2) is 10.4. The maximum atomic E-state index is 11.4. The van der Waals surface area contributed by atoms with Crippen molar-refractivity contribution in [3.63, 3.8) is 0 Å². The van der Waals surface area contributed by atoms with E-state index in [1.807, 2.05) is 52.0 Å². The summed E-state index contributed by atoms with van der Waals surface area (Å²) in [6.45, 7) is 8.61. The highest BCUT2D eigenvalue weighted by molar-refractivity contribution is 5.80. The van der Waals surface area contributed by atoms with E-state index >= 15 is 0 Å². The van der Waals surface area contributed by atoms with Crippen LogP contribution in [0.4, 0.5) is 0 Å². The Bertz CT molecular complexity index is 342. The zero-order chi connectivity index (χ0) is 14.7. The lowest BCUT2D eigenvalue weighted by molar-refractivity contribution is -0.122. The molecule has 0 bridgehead atoms. The first-order valence-corrected chi connectivity index (χ1v) is 7.20. The third-order valence-electron chi connectivity index (χ3n) is 2.57. The number of amides is 1. The minimum atomic E-state index is 0.186. The Hall–Kier alpha value is -1.51. The van der Waals surface area contributed by atoms with Crippen molar-refractivity contribution in [2.75, 3.05) is 7.11 Å². The summed E-state index contributed by atoms with van der Waals surface area (Å²) in [5.74, 6) is 1.31. The summed E-state index contributed by atoms with van der Waals surface area (Å²) in [6, 6.07) is 7.73. The summed E-state index contributed by atoms with van der Waals surface area (Å²) in [7, 11) is 1.64. The van der Waals surface area contributed by atoms with Gasteiger partial charge in [0, 0.05) is 12.5 Å². The molecule has 1 aromatic carbocycles. The van der Waals surface area contributed by atoms with Crippen molar-refractivity contribution in [3.8, 4) is 5.75 Å². The first kappa shape index (κ1) is 17.5. The molecule has 1 fully saturated rings. The number of rotatable bonds is 4. The maximum Gasteiger partial charge on any atom is 0.223 e. The minimum Gasteiger partial charge on any atom is -0.497 e. The van der Waals surface area contributed by atoms with Gasteiger partial charge in [-0.3, -0.25) is 4.79 Å². The Morgan fingerprint density at radius 2 is 1.68 bits per heavy atom. The van der Waals surface area contributed by atoms with Gasteiger partial charge in [0.25, 0.3) is 0 Å². The van der Waals surface area contributed by atoms with Crippen molar-refractivity contribution in [1.82, 2.24) is 5.32 Å². The van der Waals surface area contributed by atoms with Gasteiger partial charge < -0.3 is 10.1 Å². The van der Waals surface area contributed by atoms with E-state index in [0.29, 0.717) is 6.54 Å². The van der Waals surface area contributed by atoms with Gasteiger partial charge >= 0.3 is 0 Å². The molecule has 108 valence electrons. The quantitative estimate of drug-likeness (QED) is 0.900. The molecule has 3 heteroatoms. The molecule has 0 spiro atoms. The molecule has 3 nitrogen and oxygen atoms in total. The Kier molecular flexibility index (Phi) is 9.59. The lowest BCUT2D eigenvalue weighted by atomic mass is 10.2. The van der Waals surface area contributed by atoms with Crippen LogP contribution in [0.5, 0.6) is 5.75 Å². The van der Waals surface area contributed by atoms with Crippen LogP contribution in [0.3, 0.4) is 0 Å². The minimum absolute atomic E-state index is 0.186. The molecular formula is C16H27NO2. The normalized spacial score (nSPS) is 12.3. The molecule has 19 heavy (non-hydrogen) atoms. The standard InChI is InChI=1S/C12H15NO2.2C2H6/c1-15-11-6-2-9(3-7-11)8-13-12(14)10-4-5-10;2*1-2/h2-3,6-7,10H,4-5,8H2,1H3,(H,13,14);2*1-2H3. The van der Waals surface area contributed by atoms with E-state index in [1.54, 1.807) is 7.11 Å². The van der Waals surface area contributed by atoms with Gasteiger partial charge in [-0.15, -0.1) is 0 Å². The number of benzene rings is 1. The molecule has 0 aromatic heterocycles. The van der Waals surface area contributed by atoms with Crippen LogP contribution >= 0.6 is 0 Å². The van der Waals surface area contributed by atoms with Gasteiger partial charge in [-0.25, -0.2) is 0 Å². The summed E-state index contributed by atoms with van der Waals surface area (Å²) in [5, 5.41) is 2.92. The van der Waals surface area contributed by atoms with Gasteiger partial charge in [0.2, 0.25) is 5.91 Å². The van der Waals surface area contributed by atoms with Crippen LogP contribution in [0, 0.1) is 5.92 Å². The van der Waals surface area contributed by atoms with Crippen molar-refractivity contribution in [2.24, 2.45) is 5.92 Å². The van der Waals surface area contributed by atoms with E-state index in [0.717, 1.165) is 24.2 Å². The van der Waals surface area contributed by atoms with Crippen LogP contribution in [-0.4, -0.2) is 13.0 Å². The fraction of sp³-hybridized carbons (Fsp3) is 0.562. The molecule has 0 heterocycles. The lowest BCUT2D eigenvalue weighted by Crippen LogP contribution is -2.24.